The molecule has 0 fully saturated rings. The Morgan fingerprint density at radius 3 is 2.08 bits per heavy atom. The van der Waals surface area contributed by atoms with Crippen molar-refractivity contribution >= 4 is 15.6 Å². The molecule has 0 spiro atoms. The van der Waals surface area contributed by atoms with Gasteiger partial charge in [0, 0.05) is 12.0 Å². The van der Waals surface area contributed by atoms with Crippen LogP contribution in [0.5, 0.6) is 0 Å². The average molecular weight is 340 g/mol. The first-order valence-corrected chi connectivity index (χ1v) is 9.04. The molecule has 1 heterocycles. The minimum Gasteiger partial charge on any atom is -0.468 e. The van der Waals surface area contributed by atoms with Crippen LogP contribution in [-0.4, -0.2) is 14.2 Å². The molecule has 0 bridgehead atoms. The van der Waals surface area contributed by atoms with Crippen molar-refractivity contribution in [3.05, 3.63) is 90.4 Å². The Kier molecular flexibility index (Phi) is 4.62. The molecule has 0 aliphatic heterocycles. The fourth-order valence-corrected chi connectivity index (χ4v) is 4.20. The Balaban J connectivity index is 1.98. The summed E-state index contributed by atoms with van der Waals surface area (Å²) in [6, 6.07) is 20.0. The normalized spacial score (nSPS) is 12.7. The maximum absolute atomic E-state index is 13.0. The van der Waals surface area contributed by atoms with Crippen LogP contribution in [0.15, 0.2) is 88.4 Å². The summed E-state index contributed by atoms with van der Waals surface area (Å²) in [5.41, 5.74) is 0.484. The van der Waals surface area contributed by atoms with Gasteiger partial charge in [-0.2, -0.15) is 0 Å². The Labute approximate surface area is 140 Å². The van der Waals surface area contributed by atoms with E-state index in [1.54, 1.807) is 54.6 Å². The van der Waals surface area contributed by atoms with Crippen molar-refractivity contribution in [3.63, 3.8) is 0 Å². The Morgan fingerprint density at radius 2 is 1.50 bits per heavy atom. The Morgan fingerprint density at radius 1 is 0.875 bits per heavy atom. The van der Waals surface area contributed by atoms with Crippen LogP contribution in [0.3, 0.4) is 0 Å². The van der Waals surface area contributed by atoms with Crippen molar-refractivity contribution in [2.24, 2.45) is 0 Å². The summed E-state index contributed by atoms with van der Waals surface area (Å²) >= 11 is 0. The molecule has 24 heavy (non-hydrogen) atoms. The first kappa shape index (κ1) is 16.2. The zero-order valence-electron chi connectivity index (χ0n) is 12.8. The van der Waals surface area contributed by atoms with Crippen LogP contribution in [0, 0.1) is 0 Å². The quantitative estimate of drug-likeness (QED) is 0.635. The van der Waals surface area contributed by atoms with Crippen molar-refractivity contribution in [3.8, 4) is 0 Å². The second-order valence-electron chi connectivity index (χ2n) is 5.36. The Bertz CT molecular complexity index is 899. The van der Waals surface area contributed by atoms with Gasteiger partial charge in [0.05, 0.1) is 11.2 Å². The van der Waals surface area contributed by atoms with E-state index in [-0.39, 0.29) is 22.9 Å². The molecule has 0 aliphatic rings. The lowest BCUT2D eigenvalue weighted by atomic mass is 10.1. The van der Waals surface area contributed by atoms with Crippen molar-refractivity contribution in [1.82, 2.24) is 0 Å². The smallest absolute Gasteiger partial charge is 0.188 e. The highest BCUT2D eigenvalue weighted by molar-refractivity contribution is 7.91. The van der Waals surface area contributed by atoms with Gasteiger partial charge in [-0.3, -0.25) is 4.79 Å². The van der Waals surface area contributed by atoms with E-state index >= 15 is 0 Å². The predicted octanol–water partition coefficient (Wildman–Crippen LogP) is 4.07. The molecule has 5 heteroatoms. The van der Waals surface area contributed by atoms with Crippen LogP contribution < -0.4 is 0 Å². The second kappa shape index (κ2) is 6.84. The molecule has 1 atom stereocenters. The predicted molar refractivity (Wildman–Crippen MR) is 90.5 cm³/mol. The van der Waals surface area contributed by atoms with E-state index in [1.807, 2.05) is 6.07 Å². The minimum absolute atomic E-state index is 0.172. The van der Waals surface area contributed by atoms with E-state index in [2.05, 4.69) is 0 Å². The van der Waals surface area contributed by atoms with Gasteiger partial charge in [-0.15, -0.1) is 0 Å². The van der Waals surface area contributed by atoms with Gasteiger partial charge in [-0.05, 0) is 24.3 Å². The van der Waals surface area contributed by atoms with Crippen LogP contribution in [-0.2, 0) is 9.84 Å². The molecule has 0 saturated carbocycles. The molecule has 0 N–H and O–H groups in total. The summed E-state index contributed by atoms with van der Waals surface area (Å²) in [4.78, 5) is 12.7. The van der Waals surface area contributed by atoms with Crippen LogP contribution in [0.25, 0.3) is 0 Å². The second-order valence-corrected chi connectivity index (χ2v) is 7.49. The first-order valence-electron chi connectivity index (χ1n) is 7.49. The van der Waals surface area contributed by atoms with Gasteiger partial charge >= 0.3 is 0 Å². The number of hydrogen-bond donors (Lipinski definition) is 0. The third-order valence-corrected chi connectivity index (χ3v) is 5.85. The fraction of sp³-hybridized carbons (Fsp3) is 0.105. The number of carbonyl (C=O) groups excluding carboxylic acids is 1. The summed E-state index contributed by atoms with van der Waals surface area (Å²) in [5, 5.41) is -1.05. The molecule has 3 rings (SSSR count). The monoisotopic (exact) mass is 340 g/mol. The molecule has 1 aromatic heterocycles. The highest BCUT2D eigenvalue weighted by Crippen LogP contribution is 2.33. The van der Waals surface area contributed by atoms with E-state index in [1.165, 1.54) is 18.4 Å². The number of Topliss-reactive ketones (excluding diaryl/α,β-unsaturated/α-hetero) is 1. The summed E-state index contributed by atoms with van der Waals surface area (Å²) in [6.07, 6.45) is 1.24. The first-order chi connectivity index (χ1) is 11.6. The molecule has 0 aliphatic carbocycles. The molecular weight excluding hydrogens is 324 g/mol. The van der Waals surface area contributed by atoms with Gasteiger partial charge < -0.3 is 4.42 Å². The average Bonchev–Trinajstić information content (AvgIpc) is 3.15. The van der Waals surface area contributed by atoms with E-state index in [9.17, 15) is 13.2 Å². The maximum atomic E-state index is 13.0. The highest BCUT2D eigenvalue weighted by Gasteiger charge is 2.33. The third kappa shape index (κ3) is 3.31. The zero-order chi connectivity index (χ0) is 17.0. The van der Waals surface area contributed by atoms with E-state index in [4.69, 9.17) is 4.42 Å². The summed E-state index contributed by atoms with van der Waals surface area (Å²) in [6.45, 7) is 0. The standard InChI is InChI=1S/C19H16O4S/c20-17(15-8-3-1-4-9-15)14-19(18-12-7-13-23-18)24(21,22)16-10-5-2-6-11-16/h1-13,19H,14H2/t19-/m1/s1. The Hall–Kier alpha value is -2.66. The van der Waals surface area contributed by atoms with E-state index < -0.39 is 15.1 Å². The van der Waals surface area contributed by atoms with Crippen LogP contribution in [0.4, 0.5) is 0 Å². The van der Waals surface area contributed by atoms with Crippen LogP contribution >= 0.6 is 0 Å². The van der Waals surface area contributed by atoms with Crippen molar-refractivity contribution in [2.45, 2.75) is 16.6 Å². The van der Waals surface area contributed by atoms with Crippen LogP contribution in [0.1, 0.15) is 27.8 Å². The topological polar surface area (TPSA) is 64.3 Å². The fourth-order valence-electron chi connectivity index (χ4n) is 2.52. The molecule has 3 aromatic rings. The van der Waals surface area contributed by atoms with Crippen molar-refractivity contribution in [2.75, 3.05) is 0 Å². The molecule has 0 amide bonds. The largest absolute Gasteiger partial charge is 0.468 e. The van der Waals surface area contributed by atoms with Crippen molar-refractivity contribution < 1.29 is 17.6 Å². The highest BCUT2D eigenvalue weighted by atomic mass is 32.2. The van der Waals surface area contributed by atoms with Crippen LogP contribution in [0.2, 0.25) is 0 Å². The number of sulfone groups is 1. The molecule has 4 nitrogen and oxygen atoms in total. The lowest BCUT2D eigenvalue weighted by Gasteiger charge is -2.15. The summed E-state index contributed by atoms with van der Waals surface area (Å²) in [7, 11) is -3.74. The molecule has 0 radical (unpaired) electrons. The van der Waals surface area contributed by atoms with Gasteiger partial charge in [0.25, 0.3) is 0 Å². The number of rotatable bonds is 6. The molecule has 2 aromatic carbocycles. The molecule has 122 valence electrons. The third-order valence-electron chi connectivity index (χ3n) is 3.77. The molecular formula is C19H16O4S. The molecule has 0 saturated heterocycles. The van der Waals surface area contributed by atoms with Gasteiger partial charge in [0.1, 0.15) is 11.0 Å². The minimum atomic E-state index is -3.74. The number of ketones is 1. The number of carbonyl (C=O) groups is 1. The van der Waals surface area contributed by atoms with Gasteiger partial charge in [0.15, 0.2) is 15.6 Å². The van der Waals surface area contributed by atoms with E-state index in [0.717, 1.165) is 0 Å². The maximum Gasteiger partial charge on any atom is 0.188 e. The lowest BCUT2D eigenvalue weighted by molar-refractivity contribution is 0.0978. The summed E-state index contributed by atoms with van der Waals surface area (Å²) in [5.74, 6) is 0.0274. The SMILES string of the molecule is O=C(C[C@H](c1ccco1)S(=O)(=O)c1ccccc1)c1ccccc1. The van der Waals surface area contributed by atoms with E-state index in [0.29, 0.717) is 5.56 Å². The number of benzene rings is 2. The number of hydrogen-bond acceptors (Lipinski definition) is 4. The zero-order valence-corrected chi connectivity index (χ0v) is 13.6. The van der Waals surface area contributed by atoms with Gasteiger partial charge in [0.2, 0.25) is 0 Å². The van der Waals surface area contributed by atoms with Gasteiger partial charge in [-0.25, -0.2) is 8.42 Å². The summed E-state index contributed by atoms with van der Waals surface area (Å²) < 4.78 is 31.3. The molecule has 0 unspecified atom stereocenters. The lowest BCUT2D eigenvalue weighted by Crippen LogP contribution is -2.17. The number of furan rings is 1. The van der Waals surface area contributed by atoms with Gasteiger partial charge in [-0.1, -0.05) is 48.5 Å². The van der Waals surface area contributed by atoms with Crippen molar-refractivity contribution in [1.29, 1.82) is 0 Å².